The number of azide groups is 1. The average molecular weight is 453 g/mol. The third-order valence-corrected chi connectivity index (χ3v) is 5.59. The summed E-state index contributed by atoms with van der Waals surface area (Å²) in [4.78, 5) is 19.0. The van der Waals surface area contributed by atoms with Gasteiger partial charge in [-0.1, -0.05) is 28.8 Å². The van der Waals surface area contributed by atoms with Gasteiger partial charge in [0, 0.05) is 34.5 Å². The maximum Gasteiger partial charge on any atom is 0.253 e. The molecule has 1 saturated heterocycles. The zero-order chi connectivity index (χ0) is 22.3. The topological polar surface area (TPSA) is 122 Å². The Morgan fingerprint density at radius 3 is 2.72 bits per heavy atom. The Morgan fingerprint density at radius 1 is 1.25 bits per heavy atom. The third kappa shape index (κ3) is 5.35. The second kappa shape index (κ2) is 10.1. The zero-order valence-electron chi connectivity index (χ0n) is 17.2. The van der Waals surface area contributed by atoms with Crippen molar-refractivity contribution < 1.29 is 9.53 Å². The lowest BCUT2D eigenvalue weighted by Crippen LogP contribution is -2.28. The number of rotatable bonds is 8. The first-order valence-corrected chi connectivity index (χ1v) is 10.5. The lowest BCUT2D eigenvalue weighted by molar-refractivity contribution is 0.0790. The van der Waals surface area contributed by atoms with E-state index in [1.54, 1.807) is 24.3 Å². The SMILES string of the molecule is [N-]=[N+]=NC(COc1ccc(C(=O)N2CC[C@H](c3ccc(Cl)cc3)C2)cc1)Cn1ncnn1. The molecule has 0 spiro atoms. The molecule has 0 bridgehead atoms. The molecule has 1 amide bonds. The van der Waals surface area contributed by atoms with E-state index >= 15 is 0 Å². The van der Waals surface area contributed by atoms with Crippen molar-refractivity contribution in [2.24, 2.45) is 5.11 Å². The standard InChI is InChI=1S/C21H21ClN8O2/c22-18-5-1-15(2-6-18)17-9-10-29(11-17)21(31)16-3-7-20(8-4-16)32-13-19(26-27-23)12-30-25-14-24-28-30/h1-8,14,17,19H,9-13H2/t17-,19?/m0/s1. The molecular weight excluding hydrogens is 432 g/mol. The van der Waals surface area contributed by atoms with Gasteiger partial charge in [0.2, 0.25) is 0 Å². The van der Waals surface area contributed by atoms with Crippen molar-refractivity contribution in [3.63, 3.8) is 0 Å². The Hall–Kier alpha value is -3.62. The van der Waals surface area contributed by atoms with E-state index < -0.39 is 6.04 Å². The lowest BCUT2D eigenvalue weighted by atomic mass is 9.99. The molecule has 4 rings (SSSR count). The van der Waals surface area contributed by atoms with Crippen LogP contribution in [0, 0.1) is 0 Å². The number of benzene rings is 2. The monoisotopic (exact) mass is 452 g/mol. The summed E-state index contributed by atoms with van der Waals surface area (Å²) in [6.07, 6.45) is 2.23. The summed E-state index contributed by atoms with van der Waals surface area (Å²) < 4.78 is 5.72. The third-order valence-electron chi connectivity index (χ3n) is 5.34. The first-order valence-electron chi connectivity index (χ1n) is 10.1. The number of hydrogen-bond donors (Lipinski definition) is 0. The van der Waals surface area contributed by atoms with Crippen molar-refractivity contribution in [1.82, 2.24) is 25.1 Å². The Balaban J connectivity index is 1.32. The number of likely N-dealkylation sites (tertiary alicyclic amines) is 1. The van der Waals surface area contributed by atoms with Gasteiger partial charge in [-0.05, 0) is 59.1 Å². The highest BCUT2D eigenvalue weighted by molar-refractivity contribution is 6.30. The molecule has 10 nitrogen and oxygen atoms in total. The molecule has 0 N–H and O–H groups in total. The molecule has 164 valence electrons. The lowest BCUT2D eigenvalue weighted by Gasteiger charge is -2.17. The van der Waals surface area contributed by atoms with Crippen LogP contribution >= 0.6 is 11.6 Å². The number of halogens is 1. The number of carbonyl (C=O) groups is 1. The van der Waals surface area contributed by atoms with Gasteiger partial charge in [-0.25, -0.2) is 0 Å². The molecule has 11 heteroatoms. The molecular formula is C21H21ClN8O2. The van der Waals surface area contributed by atoms with E-state index in [4.69, 9.17) is 21.9 Å². The second-order valence-corrected chi connectivity index (χ2v) is 7.91. The van der Waals surface area contributed by atoms with Crippen LogP contribution in [0.15, 0.2) is 60.0 Å². The predicted molar refractivity (Wildman–Crippen MR) is 117 cm³/mol. The van der Waals surface area contributed by atoms with Gasteiger partial charge in [0.1, 0.15) is 5.75 Å². The quantitative estimate of drug-likeness (QED) is 0.293. The molecule has 0 radical (unpaired) electrons. The first-order chi connectivity index (χ1) is 15.6. The fourth-order valence-electron chi connectivity index (χ4n) is 3.68. The summed E-state index contributed by atoms with van der Waals surface area (Å²) in [5.74, 6) is 0.889. The van der Waals surface area contributed by atoms with Crippen LogP contribution in [0.3, 0.4) is 0 Å². The molecule has 32 heavy (non-hydrogen) atoms. The molecule has 1 fully saturated rings. The summed E-state index contributed by atoms with van der Waals surface area (Å²) in [5.41, 5.74) is 10.6. The predicted octanol–water partition coefficient (Wildman–Crippen LogP) is 3.71. The fraction of sp³-hybridized carbons (Fsp3) is 0.333. The van der Waals surface area contributed by atoms with E-state index in [1.165, 1.54) is 16.7 Å². The molecule has 0 saturated carbocycles. The number of carbonyl (C=O) groups excluding carboxylic acids is 1. The summed E-state index contributed by atoms with van der Waals surface area (Å²) in [6, 6.07) is 14.3. The minimum Gasteiger partial charge on any atom is -0.493 e. The van der Waals surface area contributed by atoms with Crippen molar-refractivity contribution in [2.45, 2.75) is 24.9 Å². The Bertz CT molecular complexity index is 1080. The summed E-state index contributed by atoms with van der Waals surface area (Å²) >= 11 is 5.97. The molecule has 3 aromatic rings. The highest BCUT2D eigenvalue weighted by atomic mass is 35.5. The van der Waals surface area contributed by atoms with Gasteiger partial charge < -0.3 is 9.64 Å². The molecule has 2 atom stereocenters. The number of ether oxygens (including phenoxy) is 1. The van der Waals surface area contributed by atoms with Crippen LogP contribution in [-0.4, -0.2) is 56.8 Å². The minimum atomic E-state index is -0.495. The van der Waals surface area contributed by atoms with Crippen LogP contribution in [0.2, 0.25) is 5.02 Å². The van der Waals surface area contributed by atoms with Gasteiger partial charge in [0.15, 0.2) is 6.33 Å². The summed E-state index contributed by atoms with van der Waals surface area (Å²) in [7, 11) is 0. The van der Waals surface area contributed by atoms with Crippen LogP contribution in [-0.2, 0) is 6.54 Å². The number of hydrogen-bond acceptors (Lipinski definition) is 6. The van der Waals surface area contributed by atoms with Crippen LogP contribution in [0.25, 0.3) is 10.4 Å². The molecule has 2 aromatic carbocycles. The maximum atomic E-state index is 12.9. The number of nitrogens with zero attached hydrogens (tertiary/aromatic N) is 8. The Kier molecular flexibility index (Phi) is 6.84. The van der Waals surface area contributed by atoms with Crippen LogP contribution in [0.1, 0.15) is 28.3 Å². The zero-order valence-corrected chi connectivity index (χ0v) is 17.9. The normalized spacial score (nSPS) is 16.4. The minimum absolute atomic E-state index is 0.00257. The number of tetrazole rings is 1. The molecule has 1 aromatic heterocycles. The van der Waals surface area contributed by atoms with E-state index in [2.05, 4.69) is 25.4 Å². The van der Waals surface area contributed by atoms with Gasteiger partial charge in [0.05, 0.1) is 19.2 Å². The van der Waals surface area contributed by atoms with E-state index in [-0.39, 0.29) is 19.1 Å². The second-order valence-electron chi connectivity index (χ2n) is 7.47. The van der Waals surface area contributed by atoms with E-state index in [9.17, 15) is 4.79 Å². The first kappa shape index (κ1) is 21.6. The van der Waals surface area contributed by atoms with E-state index in [0.29, 0.717) is 35.3 Å². The van der Waals surface area contributed by atoms with Gasteiger partial charge in [-0.15, -0.1) is 10.2 Å². The molecule has 1 aliphatic rings. The Labute approximate surface area is 189 Å². The average Bonchev–Trinajstić information content (AvgIpc) is 3.50. The van der Waals surface area contributed by atoms with Crippen molar-refractivity contribution in [2.75, 3.05) is 19.7 Å². The molecule has 0 aliphatic carbocycles. The van der Waals surface area contributed by atoms with Gasteiger partial charge in [-0.3, -0.25) is 4.79 Å². The molecule has 2 heterocycles. The van der Waals surface area contributed by atoms with Crippen molar-refractivity contribution in [3.05, 3.63) is 81.5 Å². The van der Waals surface area contributed by atoms with Crippen LogP contribution in [0.5, 0.6) is 5.75 Å². The largest absolute Gasteiger partial charge is 0.493 e. The highest BCUT2D eigenvalue weighted by Crippen LogP contribution is 2.29. The number of aromatic nitrogens is 4. The van der Waals surface area contributed by atoms with Gasteiger partial charge >= 0.3 is 0 Å². The summed E-state index contributed by atoms with van der Waals surface area (Å²) in [6.45, 7) is 1.80. The van der Waals surface area contributed by atoms with Crippen molar-refractivity contribution in [3.8, 4) is 5.75 Å². The highest BCUT2D eigenvalue weighted by Gasteiger charge is 2.28. The summed E-state index contributed by atoms with van der Waals surface area (Å²) in [5, 5.41) is 15.7. The fourth-order valence-corrected chi connectivity index (χ4v) is 3.80. The Morgan fingerprint density at radius 2 is 2.03 bits per heavy atom. The molecule has 1 aliphatic heterocycles. The van der Waals surface area contributed by atoms with Gasteiger partial charge in [-0.2, -0.15) is 4.80 Å². The number of amides is 1. The van der Waals surface area contributed by atoms with Crippen LogP contribution < -0.4 is 4.74 Å². The van der Waals surface area contributed by atoms with E-state index in [1.807, 2.05) is 29.2 Å². The molecule has 1 unspecified atom stereocenters. The maximum absolute atomic E-state index is 12.9. The smallest absolute Gasteiger partial charge is 0.253 e. The van der Waals surface area contributed by atoms with E-state index in [0.717, 1.165) is 6.42 Å². The van der Waals surface area contributed by atoms with Crippen molar-refractivity contribution >= 4 is 17.5 Å². The van der Waals surface area contributed by atoms with Crippen LogP contribution in [0.4, 0.5) is 0 Å². The van der Waals surface area contributed by atoms with Crippen molar-refractivity contribution in [1.29, 1.82) is 0 Å². The van der Waals surface area contributed by atoms with Gasteiger partial charge in [0.25, 0.3) is 5.91 Å².